The van der Waals surface area contributed by atoms with Gasteiger partial charge in [0.1, 0.15) is 5.69 Å². The highest BCUT2D eigenvalue weighted by Crippen LogP contribution is 2.39. The Morgan fingerprint density at radius 3 is 2.58 bits per heavy atom. The van der Waals surface area contributed by atoms with Gasteiger partial charge in [0.2, 0.25) is 0 Å². The monoisotopic (exact) mass is 474 g/mol. The molecule has 2 N–H and O–H groups in total. The fraction of sp³-hybridized carbons (Fsp3) is 0.0385. The standard InChI is InChI=1S/C26H18N8O2/c1-16-8-3-6-11-19(16)31-25(36)22-18-10-5-4-9-17(18)14-20(23(22)35)32-33-24-21(27-2)15-30-34(24)26-28-12-7-13-29-26/h3-15,35H,1H3,(H,31,36)/b33-32+. The number of phenolic OH excluding ortho intramolecular Hbond substituents is 1. The lowest BCUT2D eigenvalue weighted by atomic mass is 10.0. The molecular weight excluding hydrogens is 456 g/mol. The first-order valence-corrected chi connectivity index (χ1v) is 10.8. The van der Waals surface area contributed by atoms with Crippen LogP contribution in [0.2, 0.25) is 0 Å². The van der Waals surface area contributed by atoms with E-state index in [-0.39, 0.29) is 34.5 Å². The average molecular weight is 474 g/mol. The third-order valence-electron chi connectivity index (χ3n) is 5.46. The number of carbonyl (C=O) groups is 1. The number of para-hydroxylation sites is 1. The number of amides is 1. The summed E-state index contributed by atoms with van der Waals surface area (Å²) in [5, 5.41) is 27.8. The maximum atomic E-state index is 13.3. The SMILES string of the molecule is [C-]#[N+]c1cnn(-c2ncccn2)c1/N=N/c1cc2ccccc2c(C(=O)Nc2ccccc2C)c1O. The second-order valence-corrected chi connectivity index (χ2v) is 7.74. The Hall–Kier alpha value is -5.43. The van der Waals surface area contributed by atoms with Crippen molar-refractivity contribution >= 4 is 39.6 Å². The molecular formula is C26H18N8O2. The largest absolute Gasteiger partial charge is 0.505 e. The Morgan fingerprint density at radius 1 is 1.06 bits per heavy atom. The summed E-state index contributed by atoms with van der Waals surface area (Å²) >= 11 is 0. The van der Waals surface area contributed by atoms with Crippen molar-refractivity contribution in [3.8, 4) is 11.7 Å². The highest BCUT2D eigenvalue weighted by molar-refractivity contribution is 6.16. The zero-order valence-corrected chi connectivity index (χ0v) is 19.0. The zero-order chi connectivity index (χ0) is 25.1. The quantitative estimate of drug-likeness (QED) is 0.237. The van der Waals surface area contributed by atoms with E-state index in [1.54, 1.807) is 30.3 Å². The first kappa shape index (κ1) is 22.4. The predicted molar refractivity (Wildman–Crippen MR) is 134 cm³/mol. The number of hydrogen-bond donors (Lipinski definition) is 2. The lowest BCUT2D eigenvalue weighted by Gasteiger charge is -2.13. The van der Waals surface area contributed by atoms with Gasteiger partial charge in [-0.1, -0.05) is 42.5 Å². The number of aryl methyl sites for hydroxylation is 1. The Bertz CT molecular complexity index is 1670. The molecule has 0 radical (unpaired) electrons. The normalized spacial score (nSPS) is 11.0. The van der Waals surface area contributed by atoms with Crippen molar-refractivity contribution < 1.29 is 9.90 Å². The smallest absolute Gasteiger partial charge is 0.260 e. The van der Waals surface area contributed by atoms with Crippen LogP contribution >= 0.6 is 0 Å². The van der Waals surface area contributed by atoms with Crippen molar-refractivity contribution in [2.45, 2.75) is 6.92 Å². The van der Waals surface area contributed by atoms with Gasteiger partial charge in [-0.3, -0.25) is 4.79 Å². The molecule has 0 atom stereocenters. The number of nitrogens with one attached hydrogen (secondary N) is 1. The summed E-state index contributed by atoms with van der Waals surface area (Å²) < 4.78 is 1.28. The molecule has 10 nitrogen and oxygen atoms in total. The second-order valence-electron chi connectivity index (χ2n) is 7.74. The first-order chi connectivity index (χ1) is 17.6. The van der Waals surface area contributed by atoms with Crippen molar-refractivity contribution in [1.82, 2.24) is 19.7 Å². The number of aromatic hydroxyl groups is 1. The Morgan fingerprint density at radius 2 is 1.81 bits per heavy atom. The van der Waals surface area contributed by atoms with Gasteiger partial charge in [0.15, 0.2) is 11.6 Å². The minimum Gasteiger partial charge on any atom is -0.505 e. The number of fused-ring (bicyclic) bond motifs is 1. The van der Waals surface area contributed by atoms with Crippen LogP contribution in [0.4, 0.5) is 22.9 Å². The number of benzene rings is 3. The van der Waals surface area contributed by atoms with E-state index in [1.165, 1.54) is 23.3 Å². The van der Waals surface area contributed by atoms with Gasteiger partial charge in [0, 0.05) is 18.1 Å². The van der Waals surface area contributed by atoms with E-state index in [0.717, 1.165) is 5.56 Å². The van der Waals surface area contributed by atoms with Gasteiger partial charge >= 0.3 is 0 Å². The van der Waals surface area contributed by atoms with Crippen molar-refractivity contribution in [1.29, 1.82) is 0 Å². The third kappa shape index (κ3) is 4.12. The van der Waals surface area contributed by atoms with E-state index in [4.69, 9.17) is 6.57 Å². The van der Waals surface area contributed by atoms with Crippen LogP contribution < -0.4 is 5.32 Å². The number of anilines is 1. The van der Waals surface area contributed by atoms with Gasteiger partial charge in [-0.2, -0.15) is 9.78 Å². The van der Waals surface area contributed by atoms with Crippen LogP contribution in [0.25, 0.3) is 21.6 Å². The van der Waals surface area contributed by atoms with Gasteiger partial charge < -0.3 is 10.4 Å². The second kappa shape index (κ2) is 9.44. The summed E-state index contributed by atoms with van der Waals surface area (Å²) in [6, 6.07) is 17.8. The van der Waals surface area contributed by atoms with Crippen molar-refractivity contribution in [3.05, 3.63) is 102 Å². The van der Waals surface area contributed by atoms with Crippen LogP contribution in [0.15, 0.2) is 89.5 Å². The van der Waals surface area contributed by atoms with E-state index in [9.17, 15) is 9.90 Å². The molecule has 0 bridgehead atoms. The molecule has 0 fully saturated rings. The fourth-order valence-corrected chi connectivity index (χ4v) is 3.68. The van der Waals surface area contributed by atoms with E-state index < -0.39 is 5.91 Å². The lowest BCUT2D eigenvalue weighted by molar-refractivity contribution is 0.102. The maximum Gasteiger partial charge on any atom is 0.260 e. The summed E-state index contributed by atoms with van der Waals surface area (Å²) in [6.45, 7) is 9.32. The Kier molecular flexibility index (Phi) is 5.86. The summed E-state index contributed by atoms with van der Waals surface area (Å²) in [7, 11) is 0. The molecule has 2 heterocycles. The van der Waals surface area contributed by atoms with Crippen molar-refractivity contribution in [2.24, 2.45) is 10.2 Å². The highest BCUT2D eigenvalue weighted by atomic mass is 16.3. The molecule has 1 amide bonds. The minimum atomic E-state index is -0.486. The number of phenols is 1. The molecule has 0 spiro atoms. The number of rotatable bonds is 5. The van der Waals surface area contributed by atoms with E-state index in [1.807, 2.05) is 37.3 Å². The summed E-state index contributed by atoms with van der Waals surface area (Å²) in [5.41, 5.74) is 1.76. The maximum absolute atomic E-state index is 13.3. The molecule has 0 aliphatic rings. The van der Waals surface area contributed by atoms with Crippen LogP contribution in [0.3, 0.4) is 0 Å². The summed E-state index contributed by atoms with van der Waals surface area (Å²) in [5.74, 6) is -0.522. The molecule has 10 heteroatoms. The van der Waals surface area contributed by atoms with Crippen LogP contribution in [0.5, 0.6) is 5.75 Å². The van der Waals surface area contributed by atoms with Crippen LogP contribution in [-0.2, 0) is 0 Å². The lowest BCUT2D eigenvalue weighted by Crippen LogP contribution is -2.13. The molecule has 36 heavy (non-hydrogen) atoms. The van der Waals surface area contributed by atoms with Crippen LogP contribution in [-0.4, -0.2) is 30.8 Å². The van der Waals surface area contributed by atoms with Crippen molar-refractivity contribution in [3.63, 3.8) is 0 Å². The molecule has 174 valence electrons. The van der Waals surface area contributed by atoms with Gasteiger partial charge in [-0.15, -0.1) is 10.2 Å². The third-order valence-corrected chi connectivity index (χ3v) is 5.46. The number of hydrogen-bond acceptors (Lipinski definition) is 7. The first-order valence-electron chi connectivity index (χ1n) is 10.8. The van der Waals surface area contributed by atoms with Crippen molar-refractivity contribution in [2.75, 3.05) is 5.32 Å². The molecule has 0 unspecified atom stereocenters. The Balaban J connectivity index is 1.60. The summed E-state index contributed by atoms with van der Waals surface area (Å²) in [6.07, 6.45) is 4.41. The number of azo groups is 1. The molecule has 0 saturated heterocycles. The minimum absolute atomic E-state index is 0.0568. The van der Waals surface area contributed by atoms with Crippen LogP contribution in [0.1, 0.15) is 15.9 Å². The molecule has 0 aliphatic carbocycles. The van der Waals surface area contributed by atoms with Gasteiger partial charge in [-0.25, -0.2) is 14.8 Å². The molecule has 3 aromatic carbocycles. The van der Waals surface area contributed by atoms with Gasteiger partial charge in [0.05, 0.1) is 18.3 Å². The average Bonchev–Trinajstić information content (AvgIpc) is 3.32. The predicted octanol–water partition coefficient (Wildman–Crippen LogP) is 6.05. The van der Waals surface area contributed by atoms with Crippen LogP contribution in [0, 0.1) is 13.5 Å². The van der Waals surface area contributed by atoms with Gasteiger partial charge in [-0.05, 0) is 41.5 Å². The Labute approximate surface area is 205 Å². The number of nitrogens with zero attached hydrogens (tertiary/aromatic N) is 7. The molecule has 0 aliphatic heterocycles. The molecule has 5 rings (SSSR count). The molecule has 0 saturated carbocycles. The highest BCUT2D eigenvalue weighted by Gasteiger charge is 2.21. The number of aromatic nitrogens is 4. The van der Waals surface area contributed by atoms with E-state index >= 15 is 0 Å². The molecule has 5 aromatic rings. The van der Waals surface area contributed by atoms with E-state index in [2.05, 4.69) is 35.5 Å². The fourth-order valence-electron chi connectivity index (χ4n) is 3.68. The van der Waals surface area contributed by atoms with E-state index in [0.29, 0.717) is 16.5 Å². The topological polar surface area (TPSA) is 122 Å². The summed E-state index contributed by atoms with van der Waals surface area (Å²) in [4.78, 5) is 25.0. The molecule has 2 aromatic heterocycles. The van der Waals surface area contributed by atoms with Gasteiger partial charge in [0.25, 0.3) is 17.5 Å². The number of carbonyl (C=O) groups excluding carboxylic acids is 1. The zero-order valence-electron chi connectivity index (χ0n) is 19.0.